The van der Waals surface area contributed by atoms with Gasteiger partial charge in [0.1, 0.15) is 5.82 Å². The summed E-state index contributed by atoms with van der Waals surface area (Å²) in [7, 11) is 1.61. The number of aryl methyl sites for hydroxylation is 2. The Morgan fingerprint density at radius 1 is 1.45 bits per heavy atom. The molecule has 1 aromatic heterocycles. The highest BCUT2D eigenvalue weighted by atomic mass is 16.5. The average molecular weight is 152 g/mol. The van der Waals surface area contributed by atoms with Crippen molar-refractivity contribution in [3.8, 4) is 5.88 Å². The monoisotopic (exact) mass is 152 g/mol. The Labute approximate surface area is 66.4 Å². The van der Waals surface area contributed by atoms with Gasteiger partial charge in [0.2, 0.25) is 5.88 Å². The lowest BCUT2D eigenvalue weighted by atomic mass is 10.3. The fourth-order valence-corrected chi connectivity index (χ4v) is 0.885. The van der Waals surface area contributed by atoms with Gasteiger partial charge in [-0.05, 0) is 13.3 Å². The van der Waals surface area contributed by atoms with Crippen LogP contribution in [0, 0.1) is 6.92 Å². The van der Waals surface area contributed by atoms with Crippen molar-refractivity contribution < 1.29 is 4.74 Å². The van der Waals surface area contributed by atoms with Crippen LogP contribution >= 0.6 is 0 Å². The van der Waals surface area contributed by atoms with Crippen molar-refractivity contribution in [1.29, 1.82) is 0 Å². The number of ether oxygens (including phenoxy) is 1. The highest BCUT2D eigenvalue weighted by Gasteiger charge is 1.98. The summed E-state index contributed by atoms with van der Waals surface area (Å²) in [5.41, 5.74) is 1.02. The molecule has 0 aliphatic carbocycles. The van der Waals surface area contributed by atoms with Crippen LogP contribution in [0.15, 0.2) is 6.07 Å². The molecule has 60 valence electrons. The molecule has 0 saturated carbocycles. The molecule has 0 N–H and O–H groups in total. The van der Waals surface area contributed by atoms with Crippen LogP contribution in [0.4, 0.5) is 0 Å². The van der Waals surface area contributed by atoms with E-state index < -0.39 is 0 Å². The minimum Gasteiger partial charge on any atom is -0.481 e. The third-order valence-electron chi connectivity index (χ3n) is 1.44. The van der Waals surface area contributed by atoms with E-state index in [9.17, 15) is 0 Å². The van der Waals surface area contributed by atoms with E-state index in [2.05, 4.69) is 16.9 Å². The Morgan fingerprint density at radius 3 is 2.73 bits per heavy atom. The molecular formula is C8H12N2O. The van der Waals surface area contributed by atoms with Crippen LogP contribution in [-0.4, -0.2) is 17.1 Å². The van der Waals surface area contributed by atoms with Gasteiger partial charge in [-0.15, -0.1) is 0 Å². The first kappa shape index (κ1) is 7.98. The lowest BCUT2D eigenvalue weighted by Crippen LogP contribution is -1.96. The maximum absolute atomic E-state index is 4.99. The summed E-state index contributed by atoms with van der Waals surface area (Å²) < 4.78 is 4.99. The molecule has 0 radical (unpaired) electrons. The third-order valence-corrected chi connectivity index (χ3v) is 1.44. The normalized spacial score (nSPS) is 9.73. The number of rotatable bonds is 2. The third kappa shape index (κ3) is 1.90. The highest BCUT2D eigenvalue weighted by molar-refractivity contribution is 5.15. The van der Waals surface area contributed by atoms with Gasteiger partial charge in [0.15, 0.2) is 0 Å². The topological polar surface area (TPSA) is 35.0 Å². The van der Waals surface area contributed by atoms with Crippen molar-refractivity contribution in [3.63, 3.8) is 0 Å². The zero-order chi connectivity index (χ0) is 8.27. The summed E-state index contributed by atoms with van der Waals surface area (Å²) in [6.45, 7) is 3.92. The molecule has 0 bridgehead atoms. The molecule has 1 heterocycles. The van der Waals surface area contributed by atoms with E-state index in [0.29, 0.717) is 5.88 Å². The second-order valence-electron chi connectivity index (χ2n) is 2.30. The van der Waals surface area contributed by atoms with E-state index in [0.717, 1.165) is 17.9 Å². The van der Waals surface area contributed by atoms with E-state index in [-0.39, 0.29) is 0 Å². The van der Waals surface area contributed by atoms with Gasteiger partial charge in [-0.1, -0.05) is 6.92 Å². The quantitative estimate of drug-likeness (QED) is 0.641. The Kier molecular flexibility index (Phi) is 2.41. The molecule has 0 aliphatic rings. The summed E-state index contributed by atoms with van der Waals surface area (Å²) in [6.07, 6.45) is 0.916. The molecule has 0 atom stereocenters. The second kappa shape index (κ2) is 3.32. The van der Waals surface area contributed by atoms with Crippen LogP contribution in [0.25, 0.3) is 0 Å². The minimum absolute atomic E-state index is 0.648. The molecule has 0 unspecified atom stereocenters. The van der Waals surface area contributed by atoms with Crippen LogP contribution < -0.4 is 4.74 Å². The fraction of sp³-hybridized carbons (Fsp3) is 0.500. The fourth-order valence-electron chi connectivity index (χ4n) is 0.885. The first-order chi connectivity index (χ1) is 5.26. The molecule has 0 amide bonds. The molecule has 0 saturated heterocycles. The van der Waals surface area contributed by atoms with Gasteiger partial charge in [0.05, 0.1) is 7.11 Å². The number of nitrogens with zero attached hydrogens (tertiary/aromatic N) is 2. The van der Waals surface area contributed by atoms with Crippen molar-refractivity contribution in [3.05, 3.63) is 17.6 Å². The standard InChI is InChI=1S/C8H12N2O/c1-4-7-5-8(11-3)10-6(2)9-7/h5H,4H2,1-3H3. The van der Waals surface area contributed by atoms with Crippen molar-refractivity contribution in [2.45, 2.75) is 20.3 Å². The summed E-state index contributed by atoms with van der Waals surface area (Å²) in [6, 6.07) is 1.85. The van der Waals surface area contributed by atoms with Crippen molar-refractivity contribution >= 4 is 0 Å². The molecular weight excluding hydrogens is 140 g/mol. The second-order valence-corrected chi connectivity index (χ2v) is 2.30. The van der Waals surface area contributed by atoms with Gasteiger partial charge in [-0.25, -0.2) is 4.98 Å². The van der Waals surface area contributed by atoms with Crippen LogP contribution in [0.1, 0.15) is 18.4 Å². The van der Waals surface area contributed by atoms with Crippen molar-refractivity contribution in [2.75, 3.05) is 7.11 Å². The van der Waals surface area contributed by atoms with Crippen LogP contribution in [-0.2, 0) is 6.42 Å². The van der Waals surface area contributed by atoms with Gasteiger partial charge in [0, 0.05) is 11.8 Å². The maximum Gasteiger partial charge on any atom is 0.216 e. The number of methoxy groups -OCH3 is 1. The van der Waals surface area contributed by atoms with Gasteiger partial charge in [0.25, 0.3) is 0 Å². The van der Waals surface area contributed by atoms with Crippen LogP contribution in [0.5, 0.6) is 5.88 Å². The number of hydrogen-bond acceptors (Lipinski definition) is 3. The molecule has 0 aromatic carbocycles. The van der Waals surface area contributed by atoms with E-state index >= 15 is 0 Å². The van der Waals surface area contributed by atoms with Gasteiger partial charge in [-0.2, -0.15) is 4.98 Å². The van der Waals surface area contributed by atoms with Gasteiger partial charge >= 0.3 is 0 Å². The van der Waals surface area contributed by atoms with E-state index in [1.54, 1.807) is 7.11 Å². The minimum atomic E-state index is 0.648. The average Bonchev–Trinajstić information content (AvgIpc) is 2.03. The van der Waals surface area contributed by atoms with Crippen molar-refractivity contribution in [1.82, 2.24) is 9.97 Å². The summed E-state index contributed by atoms with van der Waals surface area (Å²) >= 11 is 0. The molecule has 3 heteroatoms. The Bertz CT molecular complexity index is 226. The smallest absolute Gasteiger partial charge is 0.216 e. The number of hydrogen-bond donors (Lipinski definition) is 0. The predicted octanol–water partition coefficient (Wildman–Crippen LogP) is 1.36. The summed E-state index contributed by atoms with van der Waals surface area (Å²) in [5.74, 6) is 1.41. The van der Waals surface area contributed by atoms with Crippen LogP contribution in [0.3, 0.4) is 0 Å². The molecule has 0 aliphatic heterocycles. The molecule has 11 heavy (non-hydrogen) atoms. The van der Waals surface area contributed by atoms with Gasteiger partial charge in [-0.3, -0.25) is 0 Å². The Hall–Kier alpha value is -1.12. The Balaban J connectivity index is 3.02. The zero-order valence-corrected chi connectivity index (χ0v) is 7.09. The zero-order valence-electron chi connectivity index (χ0n) is 7.09. The maximum atomic E-state index is 4.99. The first-order valence-electron chi connectivity index (χ1n) is 3.64. The van der Waals surface area contributed by atoms with Crippen molar-refractivity contribution in [2.24, 2.45) is 0 Å². The van der Waals surface area contributed by atoms with E-state index in [4.69, 9.17) is 4.74 Å². The molecule has 1 aromatic rings. The highest BCUT2D eigenvalue weighted by Crippen LogP contribution is 2.08. The Morgan fingerprint density at radius 2 is 2.18 bits per heavy atom. The lowest BCUT2D eigenvalue weighted by molar-refractivity contribution is 0.394. The van der Waals surface area contributed by atoms with E-state index in [1.807, 2.05) is 13.0 Å². The van der Waals surface area contributed by atoms with E-state index in [1.165, 1.54) is 0 Å². The lowest BCUT2D eigenvalue weighted by Gasteiger charge is -2.01. The summed E-state index contributed by atoms with van der Waals surface area (Å²) in [4.78, 5) is 8.28. The largest absolute Gasteiger partial charge is 0.481 e. The molecule has 3 nitrogen and oxygen atoms in total. The molecule has 0 fully saturated rings. The summed E-state index contributed by atoms with van der Waals surface area (Å²) in [5, 5.41) is 0. The first-order valence-corrected chi connectivity index (χ1v) is 3.64. The predicted molar refractivity (Wildman–Crippen MR) is 42.7 cm³/mol. The number of aromatic nitrogens is 2. The molecule has 0 spiro atoms. The van der Waals surface area contributed by atoms with Gasteiger partial charge < -0.3 is 4.74 Å². The SMILES string of the molecule is CCc1cc(OC)nc(C)n1. The van der Waals surface area contributed by atoms with Crippen LogP contribution in [0.2, 0.25) is 0 Å². The molecule has 1 rings (SSSR count).